The van der Waals surface area contributed by atoms with E-state index >= 15 is 0 Å². The first kappa shape index (κ1) is 31.1. The molecule has 4 aromatic rings. The van der Waals surface area contributed by atoms with Crippen LogP contribution in [0.1, 0.15) is 69.0 Å². The number of benzene rings is 1. The fourth-order valence-corrected chi connectivity index (χ4v) is 7.64. The monoisotopic (exact) mass is 619 g/mol. The molecular formula is C33H41N5O3S2. The predicted molar refractivity (Wildman–Crippen MR) is 176 cm³/mol. The lowest BCUT2D eigenvalue weighted by atomic mass is 10.0. The van der Waals surface area contributed by atoms with Crippen LogP contribution in [-0.4, -0.2) is 56.5 Å². The standard InChI is InChI=1S/C33H41N5O3S2/c1-7-22(3)37(19-23-10-8-9-21(2)17-23)16-13-28(39)36-31-29(30-35-25-18-34-14-11-26(25)42-30)24-12-15-38(20-27(24)43-31)32(40)41-33(4,5)6/h8-11,14,17-18,22H,7,12-13,15-16,19-20H2,1-6H3,(H,36,39)/t22-/m0/s1. The average molecular weight is 620 g/mol. The van der Waals surface area contributed by atoms with Crippen molar-refractivity contribution >= 4 is 49.9 Å². The highest BCUT2D eigenvalue weighted by Crippen LogP contribution is 2.45. The molecule has 3 aromatic heterocycles. The van der Waals surface area contributed by atoms with Gasteiger partial charge in [-0.05, 0) is 64.7 Å². The quantitative estimate of drug-likeness (QED) is 0.207. The van der Waals surface area contributed by atoms with Crippen molar-refractivity contribution in [1.82, 2.24) is 19.8 Å². The maximum atomic E-state index is 13.5. The molecule has 2 amide bonds. The van der Waals surface area contributed by atoms with E-state index in [9.17, 15) is 9.59 Å². The summed E-state index contributed by atoms with van der Waals surface area (Å²) >= 11 is 3.14. The molecule has 10 heteroatoms. The van der Waals surface area contributed by atoms with E-state index in [1.807, 2.05) is 26.8 Å². The summed E-state index contributed by atoms with van der Waals surface area (Å²) in [6, 6.07) is 10.9. The van der Waals surface area contributed by atoms with Gasteiger partial charge in [0.25, 0.3) is 0 Å². The van der Waals surface area contributed by atoms with Gasteiger partial charge in [0.1, 0.15) is 21.1 Å². The number of anilines is 1. The van der Waals surface area contributed by atoms with Gasteiger partial charge in [0.05, 0.1) is 17.4 Å². The van der Waals surface area contributed by atoms with E-state index in [0.717, 1.165) is 49.2 Å². The van der Waals surface area contributed by atoms with Gasteiger partial charge in [-0.1, -0.05) is 36.8 Å². The van der Waals surface area contributed by atoms with Crippen LogP contribution in [0.15, 0.2) is 42.7 Å². The Hall–Kier alpha value is -3.34. The summed E-state index contributed by atoms with van der Waals surface area (Å²) in [5, 5.41) is 4.90. The van der Waals surface area contributed by atoms with E-state index in [0.29, 0.717) is 38.5 Å². The van der Waals surface area contributed by atoms with Crippen LogP contribution in [0.4, 0.5) is 9.80 Å². The summed E-state index contributed by atoms with van der Waals surface area (Å²) in [6.45, 7) is 14.6. The van der Waals surface area contributed by atoms with Crippen molar-refractivity contribution in [2.24, 2.45) is 0 Å². The maximum Gasteiger partial charge on any atom is 0.410 e. The van der Waals surface area contributed by atoms with E-state index in [4.69, 9.17) is 9.72 Å². The molecule has 1 aliphatic heterocycles. The van der Waals surface area contributed by atoms with Gasteiger partial charge in [0, 0.05) is 48.7 Å². The molecule has 43 heavy (non-hydrogen) atoms. The molecule has 5 rings (SSSR count). The number of fused-ring (bicyclic) bond motifs is 2. The van der Waals surface area contributed by atoms with E-state index in [2.05, 4.69) is 60.2 Å². The summed E-state index contributed by atoms with van der Waals surface area (Å²) in [5.41, 5.74) is 4.89. The highest BCUT2D eigenvalue weighted by Gasteiger charge is 2.31. The second kappa shape index (κ2) is 13.1. The van der Waals surface area contributed by atoms with Crippen molar-refractivity contribution in [2.45, 2.75) is 85.5 Å². The molecule has 0 bridgehead atoms. The van der Waals surface area contributed by atoms with Gasteiger partial charge in [0.2, 0.25) is 5.91 Å². The summed E-state index contributed by atoms with van der Waals surface area (Å²) in [4.78, 5) is 40.7. The van der Waals surface area contributed by atoms with E-state index < -0.39 is 5.60 Å². The van der Waals surface area contributed by atoms with Crippen LogP contribution in [0.5, 0.6) is 0 Å². The lowest BCUT2D eigenvalue weighted by Crippen LogP contribution is -2.39. The number of thiazole rings is 1. The fraction of sp³-hybridized carbons (Fsp3) is 0.455. The first-order valence-electron chi connectivity index (χ1n) is 14.9. The third kappa shape index (κ3) is 7.60. The predicted octanol–water partition coefficient (Wildman–Crippen LogP) is 7.65. The minimum Gasteiger partial charge on any atom is -0.444 e. The molecule has 0 radical (unpaired) electrons. The molecule has 1 aromatic carbocycles. The van der Waals surface area contributed by atoms with Crippen molar-refractivity contribution in [3.63, 3.8) is 0 Å². The zero-order valence-corrected chi connectivity index (χ0v) is 27.5. The fourth-order valence-electron chi connectivity index (χ4n) is 5.28. The SMILES string of the molecule is CC[C@H](C)N(CCC(=O)Nc1sc2c(c1-c1nc3cnccc3s1)CCN(C(=O)OC(C)(C)C)C2)Cc1cccc(C)c1. The molecule has 1 atom stereocenters. The molecule has 0 saturated carbocycles. The van der Waals surface area contributed by atoms with Gasteiger partial charge in [-0.3, -0.25) is 14.7 Å². The number of rotatable bonds is 9. The second-order valence-corrected chi connectivity index (χ2v) is 14.4. The Morgan fingerprint density at radius 2 is 2.02 bits per heavy atom. The third-order valence-electron chi connectivity index (χ3n) is 7.67. The van der Waals surface area contributed by atoms with Gasteiger partial charge in [-0.2, -0.15) is 0 Å². The Kier molecular flexibility index (Phi) is 9.48. The van der Waals surface area contributed by atoms with Crippen LogP contribution >= 0.6 is 22.7 Å². The van der Waals surface area contributed by atoms with Gasteiger partial charge in [-0.15, -0.1) is 22.7 Å². The lowest BCUT2D eigenvalue weighted by molar-refractivity contribution is -0.116. The number of thiophene rings is 1. The van der Waals surface area contributed by atoms with Crippen molar-refractivity contribution in [3.05, 3.63) is 64.3 Å². The van der Waals surface area contributed by atoms with Crippen molar-refractivity contribution in [1.29, 1.82) is 0 Å². The van der Waals surface area contributed by atoms with E-state index in [-0.39, 0.29) is 12.0 Å². The number of hydrogen-bond donors (Lipinski definition) is 1. The number of hydrogen-bond acceptors (Lipinski definition) is 8. The number of aryl methyl sites for hydroxylation is 1. The Morgan fingerprint density at radius 1 is 1.21 bits per heavy atom. The molecule has 1 N–H and O–H groups in total. The van der Waals surface area contributed by atoms with Crippen LogP contribution in [-0.2, 0) is 29.0 Å². The highest BCUT2D eigenvalue weighted by atomic mass is 32.1. The van der Waals surface area contributed by atoms with E-state index in [1.54, 1.807) is 28.6 Å². The number of nitrogens with zero attached hydrogens (tertiary/aromatic N) is 4. The van der Waals surface area contributed by atoms with Gasteiger partial charge < -0.3 is 15.0 Å². The Labute approximate surface area is 262 Å². The molecule has 1 aliphatic rings. The Morgan fingerprint density at radius 3 is 2.74 bits per heavy atom. The van der Waals surface area contributed by atoms with Crippen LogP contribution in [0.2, 0.25) is 0 Å². The molecule has 0 spiro atoms. The largest absolute Gasteiger partial charge is 0.444 e. The van der Waals surface area contributed by atoms with Crippen molar-refractivity contribution in [2.75, 3.05) is 18.4 Å². The number of pyridine rings is 1. The zero-order chi connectivity index (χ0) is 30.7. The first-order valence-corrected chi connectivity index (χ1v) is 16.6. The number of amides is 2. The normalized spacial score (nSPS) is 14.2. The molecular weight excluding hydrogens is 579 g/mol. The topological polar surface area (TPSA) is 87.7 Å². The minimum absolute atomic E-state index is 0.0239. The highest BCUT2D eigenvalue weighted by molar-refractivity contribution is 7.22. The van der Waals surface area contributed by atoms with Crippen LogP contribution in [0.3, 0.4) is 0 Å². The number of nitrogens with one attached hydrogen (secondary N) is 1. The third-order valence-corrected chi connectivity index (χ3v) is 9.86. The smallest absolute Gasteiger partial charge is 0.410 e. The van der Waals surface area contributed by atoms with Gasteiger partial charge in [0.15, 0.2) is 0 Å². The summed E-state index contributed by atoms with van der Waals surface area (Å²) < 4.78 is 6.70. The molecule has 0 aliphatic carbocycles. The van der Waals surface area contributed by atoms with Crippen LogP contribution in [0.25, 0.3) is 20.8 Å². The second-order valence-electron chi connectivity index (χ2n) is 12.2. The summed E-state index contributed by atoms with van der Waals surface area (Å²) in [7, 11) is 0. The number of carbonyl (C=O) groups is 2. The van der Waals surface area contributed by atoms with Gasteiger partial charge in [-0.25, -0.2) is 9.78 Å². The van der Waals surface area contributed by atoms with Crippen molar-refractivity contribution < 1.29 is 14.3 Å². The van der Waals surface area contributed by atoms with Crippen LogP contribution < -0.4 is 5.32 Å². The Bertz CT molecular complexity index is 1570. The van der Waals surface area contributed by atoms with Crippen LogP contribution in [0, 0.1) is 6.92 Å². The molecule has 228 valence electrons. The van der Waals surface area contributed by atoms with Crippen molar-refractivity contribution in [3.8, 4) is 10.6 Å². The number of ether oxygens (including phenoxy) is 1. The Balaban J connectivity index is 1.38. The average Bonchev–Trinajstić information content (AvgIpc) is 3.54. The van der Waals surface area contributed by atoms with Gasteiger partial charge >= 0.3 is 6.09 Å². The first-order chi connectivity index (χ1) is 20.5. The number of carbonyl (C=O) groups excluding carboxylic acids is 2. The molecule has 0 fully saturated rings. The maximum absolute atomic E-state index is 13.5. The summed E-state index contributed by atoms with van der Waals surface area (Å²) in [6.07, 6.45) is 5.29. The molecule has 8 nitrogen and oxygen atoms in total. The summed E-state index contributed by atoms with van der Waals surface area (Å²) in [5.74, 6) is -0.0239. The van der Waals surface area contributed by atoms with E-state index in [1.165, 1.54) is 22.5 Å². The molecule has 0 unspecified atom stereocenters. The zero-order valence-electron chi connectivity index (χ0n) is 25.9. The lowest BCUT2D eigenvalue weighted by Gasteiger charge is -2.30. The molecule has 0 saturated heterocycles. The molecule has 4 heterocycles. The number of aromatic nitrogens is 2. The minimum atomic E-state index is -0.561.